The van der Waals surface area contributed by atoms with E-state index in [0.717, 1.165) is 12.8 Å². The summed E-state index contributed by atoms with van der Waals surface area (Å²) in [5.41, 5.74) is 9.18. The lowest BCUT2D eigenvalue weighted by molar-refractivity contribution is 0.271. The molecule has 1 aliphatic carbocycles. The summed E-state index contributed by atoms with van der Waals surface area (Å²) in [6.07, 6.45) is 9.93. The van der Waals surface area contributed by atoms with Crippen LogP contribution in [0.2, 0.25) is 0 Å². The molecule has 2 rings (SSSR count). The maximum atomic E-state index is 6.29. The third kappa shape index (κ3) is 2.20. The van der Waals surface area contributed by atoms with E-state index in [2.05, 4.69) is 50.4 Å². The van der Waals surface area contributed by atoms with Crippen LogP contribution in [0, 0.1) is 23.7 Å². The van der Waals surface area contributed by atoms with Gasteiger partial charge >= 0.3 is 0 Å². The smallest absolute Gasteiger partial charge is 0.0963 e. The molecule has 1 aromatic heterocycles. The van der Waals surface area contributed by atoms with Gasteiger partial charge in [-0.15, -0.1) is 6.42 Å². The highest BCUT2D eigenvalue weighted by molar-refractivity contribution is 5.31. The second-order valence-corrected chi connectivity index (χ2v) is 6.63. The van der Waals surface area contributed by atoms with Gasteiger partial charge in [0.25, 0.3) is 0 Å². The number of hydrogen-bond donors (Lipinski definition) is 1. The van der Waals surface area contributed by atoms with Crippen LogP contribution in [0.1, 0.15) is 57.5 Å². The predicted octanol–water partition coefficient (Wildman–Crippen LogP) is 3.29. The Hall–Kier alpha value is -1.20. The van der Waals surface area contributed by atoms with Crippen molar-refractivity contribution < 1.29 is 0 Å². The van der Waals surface area contributed by atoms with Crippen LogP contribution >= 0.6 is 0 Å². The minimum atomic E-state index is 0.134. The van der Waals surface area contributed by atoms with E-state index in [-0.39, 0.29) is 17.5 Å². The van der Waals surface area contributed by atoms with E-state index in [0.29, 0.717) is 5.92 Å². The van der Waals surface area contributed by atoms with Crippen molar-refractivity contribution in [1.82, 2.24) is 4.57 Å². The molecule has 0 bridgehead atoms. The lowest BCUT2D eigenvalue weighted by Crippen LogP contribution is -2.31. The molecule has 98 valence electrons. The van der Waals surface area contributed by atoms with Gasteiger partial charge in [-0.2, -0.15) is 0 Å². The van der Waals surface area contributed by atoms with Gasteiger partial charge in [-0.25, -0.2) is 0 Å². The normalized spacial score (nSPS) is 23.5. The molecule has 0 radical (unpaired) electrons. The van der Waals surface area contributed by atoms with Gasteiger partial charge < -0.3 is 10.3 Å². The van der Waals surface area contributed by atoms with Crippen molar-refractivity contribution in [3.8, 4) is 12.3 Å². The van der Waals surface area contributed by atoms with Crippen molar-refractivity contribution in [2.45, 2.75) is 52.6 Å². The van der Waals surface area contributed by atoms with Gasteiger partial charge in [0.2, 0.25) is 0 Å². The molecule has 2 nitrogen and oxygen atoms in total. The van der Waals surface area contributed by atoms with E-state index in [4.69, 9.17) is 12.2 Å². The monoisotopic (exact) mass is 244 g/mol. The molecule has 0 fully saturated rings. The molecule has 0 amide bonds. The van der Waals surface area contributed by atoms with Crippen molar-refractivity contribution in [2.75, 3.05) is 0 Å². The summed E-state index contributed by atoms with van der Waals surface area (Å²) in [6, 6.07) is 2.44. The Morgan fingerprint density at radius 3 is 2.72 bits per heavy atom. The van der Waals surface area contributed by atoms with Crippen molar-refractivity contribution in [2.24, 2.45) is 17.1 Å². The van der Waals surface area contributed by atoms with Crippen LogP contribution in [0.3, 0.4) is 0 Å². The van der Waals surface area contributed by atoms with Crippen LogP contribution in [0.5, 0.6) is 0 Å². The molecule has 18 heavy (non-hydrogen) atoms. The molecule has 2 N–H and O–H groups in total. The third-order valence-electron chi connectivity index (χ3n) is 3.98. The lowest BCUT2D eigenvalue weighted by Gasteiger charge is -2.35. The first-order valence-corrected chi connectivity index (χ1v) is 6.77. The molecule has 1 aliphatic rings. The third-order valence-corrected chi connectivity index (χ3v) is 3.98. The quantitative estimate of drug-likeness (QED) is 0.795. The fraction of sp³-hybridized carbons (Fsp3) is 0.625. The highest BCUT2D eigenvalue weighted by atomic mass is 15.0. The van der Waals surface area contributed by atoms with Gasteiger partial charge in [-0.3, -0.25) is 0 Å². The first-order chi connectivity index (χ1) is 8.35. The number of hydrogen-bond acceptors (Lipinski definition) is 1. The topological polar surface area (TPSA) is 30.9 Å². The molecule has 1 heterocycles. The summed E-state index contributed by atoms with van der Waals surface area (Å²) >= 11 is 0. The van der Waals surface area contributed by atoms with Gasteiger partial charge in [0.1, 0.15) is 0 Å². The van der Waals surface area contributed by atoms with Gasteiger partial charge in [-0.05, 0) is 35.8 Å². The van der Waals surface area contributed by atoms with Crippen LogP contribution in [-0.4, -0.2) is 4.57 Å². The van der Waals surface area contributed by atoms with Crippen molar-refractivity contribution in [3.63, 3.8) is 0 Å². The molecule has 0 aliphatic heterocycles. The fourth-order valence-electron chi connectivity index (χ4n) is 3.11. The van der Waals surface area contributed by atoms with Gasteiger partial charge in [0.15, 0.2) is 0 Å². The lowest BCUT2D eigenvalue weighted by atomic mass is 9.74. The summed E-state index contributed by atoms with van der Waals surface area (Å²) in [5.74, 6) is 3.36. The maximum absolute atomic E-state index is 6.29. The molecule has 2 atom stereocenters. The predicted molar refractivity (Wildman–Crippen MR) is 76.2 cm³/mol. The Morgan fingerprint density at radius 1 is 1.50 bits per heavy atom. The number of aromatic nitrogens is 1. The molecule has 2 heteroatoms. The van der Waals surface area contributed by atoms with E-state index in [1.807, 2.05) is 0 Å². The Kier molecular flexibility index (Phi) is 3.29. The minimum Gasteiger partial charge on any atom is -0.337 e. The van der Waals surface area contributed by atoms with E-state index < -0.39 is 0 Å². The molecular weight excluding hydrogens is 220 g/mol. The first kappa shape index (κ1) is 13.2. The van der Waals surface area contributed by atoms with E-state index in [1.165, 1.54) is 11.3 Å². The number of terminal acetylenes is 1. The summed E-state index contributed by atoms with van der Waals surface area (Å²) < 4.78 is 2.26. The molecule has 0 aromatic carbocycles. The van der Waals surface area contributed by atoms with E-state index in [9.17, 15) is 0 Å². The van der Waals surface area contributed by atoms with Crippen LogP contribution in [-0.2, 0) is 6.42 Å². The van der Waals surface area contributed by atoms with Crippen LogP contribution in [0.4, 0.5) is 0 Å². The van der Waals surface area contributed by atoms with Crippen LogP contribution in [0.15, 0.2) is 12.3 Å². The summed E-state index contributed by atoms with van der Waals surface area (Å²) in [6.45, 7) is 8.91. The molecule has 0 saturated carbocycles. The number of rotatable bonds is 2. The average Bonchev–Trinajstić information content (AvgIpc) is 2.61. The second-order valence-electron chi connectivity index (χ2n) is 6.63. The fourth-order valence-corrected chi connectivity index (χ4v) is 3.11. The van der Waals surface area contributed by atoms with E-state index in [1.54, 1.807) is 0 Å². The summed E-state index contributed by atoms with van der Waals surface area (Å²) in [4.78, 5) is 0. The van der Waals surface area contributed by atoms with Crippen molar-refractivity contribution in [1.29, 1.82) is 0 Å². The van der Waals surface area contributed by atoms with Gasteiger partial charge in [0, 0.05) is 17.9 Å². The zero-order valence-electron chi connectivity index (χ0n) is 11.9. The van der Waals surface area contributed by atoms with Crippen molar-refractivity contribution in [3.05, 3.63) is 23.5 Å². The zero-order chi connectivity index (χ0) is 13.5. The summed E-state index contributed by atoms with van der Waals surface area (Å²) in [7, 11) is 0. The highest BCUT2D eigenvalue weighted by Gasteiger charge is 2.33. The highest BCUT2D eigenvalue weighted by Crippen LogP contribution is 2.41. The van der Waals surface area contributed by atoms with Crippen molar-refractivity contribution >= 4 is 0 Å². The summed E-state index contributed by atoms with van der Waals surface area (Å²) in [5, 5.41) is 0. The first-order valence-electron chi connectivity index (χ1n) is 6.77. The molecule has 0 spiro atoms. The van der Waals surface area contributed by atoms with Crippen LogP contribution in [0.25, 0.3) is 0 Å². The zero-order valence-corrected chi connectivity index (χ0v) is 11.9. The van der Waals surface area contributed by atoms with Gasteiger partial charge in [0.05, 0.1) is 6.04 Å². The largest absolute Gasteiger partial charge is 0.337 e. The Morgan fingerprint density at radius 2 is 2.17 bits per heavy atom. The Bertz CT molecular complexity index is 474. The molecular formula is C16H24N2. The second kappa shape index (κ2) is 4.48. The minimum absolute atomic E-state index is 0.134. The van der Waals surface area contributed by atoms with E-state index >= 15 is 0 Å². The average molecular weight is 244 g/mol. The Balaban J connectivity index is 2.46. The number of nitrogens with two attached hydrogens (primary N) is 1. The van der Waals surface area contributed by atoms with Gasteiger partial charge in [-0.1, -0.05) is 33.6 Å². The SMILES string of the molecule is C#CC(C(C)C)n1ccc2c1CC(C)(C)CC2N. The number of nitrogens with zero attached hydrogens (tertiary/aromatic N) is 1. The molecule has 2 unspecified atom stereocenters. The standard InChI is InChI=1S/C16H24N2/c1-6-14(11(2)3)18-8-7-12-13(17)9-16(4,5)10-15(12)18/h1,7-8,11,13-14H,9-10,17H2,2-5H3. The molecule has 0 saturated heterocycles. The maximum Gasteiger partial charge on any atom is 0.0963 e. The Labute approximate surface area is 111 Å². The molecule has 1 aromatic rings. The van der Waals surface area contributed by atoms with Crippen LogP contribution < -0.4 is 5.73 Å². The number of fused-ring (bicyclic) bond motifs is 1.